The van der Waals surface area contributed by atoms with Crippen LogP contribution in [0.2, 0.25) is 0 Å². The van der Waals surface area contributed by atoms with Crippen LogP contribution in [0.4, 0.5) is 11.5 Å². The summed E-state index contributed by atoms with van der Waals surface area (Å²) in [5.41, 5.74) is 2.19. The van der Waals surface area contributed by atoms with Gasteiger partial charge < -0.3 is 14.8 Å². The molecule has 0 amide bonds. The van der Waals surface area contributed by atoms with Crippen molar-refractivity contribution < 1.29 is 14.3 Å². The lowest BCUT2D eigenvalue weighted by Gasteiger charge is -2.32. The fourth-order valence-electron chi connectivity index (χ4n) is 4.16. The average Bonchev–Trinajstić information content (AvgIpc) is 2.77. The molecule has 1 unspecified atom stereocenters. The summed E-state index contributed by atoms with van der Waals surface area (Å²) in [7, 11) is 0. The minimum absolute atomic E-state index is 0.00279. The number of fused-ring (bicyclic) bond motifs is 2. The van der Waals surface area contributed by atoms with Crippen molar-refractivity contribution in [3.05, 3.63) is 36.2 Å². The fraction of sp³-hybridized carbons (Fsp3) is 0.522. The lowest BCUT2D eigenvalue weighted by atomic mass is 9.89. The number of nitrogens with one attached hydrogen (secondary N) is 1. The van der Waals surface area contributed by atoms with E-state index in [2.05, 4.69) is 32.3 Å². The Morgan fingerprint density at radius 3 is 2.90 bits per heavy atom. The van der Waals surface area contributed by atoms with E-state index in [1.165, 1.54) is 18.4 Å². The van der Waals surface area contributed by atoms with Gasteiger partial charge in [0, 0.05) is 18.9 Å². The summed E-state index contributed by atoms with van der Waals surface area (Å²) in [5.74, 6) is 2.58. The molecule has 7 heteroatoms. The van der Waals surface area contributed by atoms with E-state index in [4.69, 9.17) is 9.47 Å². The minimum Gasteiger partial charge on any atom is -0.466 e. The van der Waals surface area contributed by atoms with E-state index in [0.29, 0.717) is 24.2 Å². The van der Waals surface area contributed by atoms with Gasteiger partial charge in [-0.05, 0) is 69.3 Å². The minimum atomic E-state index is -0.0615. The Labute approximate surface area is 177 Å². The summed E-state index contributed by atoms with van der Waals surface area (Å²) in [6, 6.07) is 6.26. The van der Waals surface area contributed by atoms with Crippen molar-refractivity contribution >= 4 is 17.5 Å². The topological polar surface area (TPSA) is 76.6 Å². The third-order valence-electron chi connectivity index (χ3n) is 5.98. The first kappa shape index (κ1) is 20.6. The van der Waals surface area contributed by atoms with Crippen LogP contribution in [0.15, 0.2) is 30.6 Å². The van der Waals surface area contributed by atoms with Gasteiger partial charge in [0.1, 0.15) is 0 Å². The molecule has 0 bridgehead atoms. The number of esters is 1. The number of anilines is 2. The zero-order valence-electron chi connectivity index (χ0n) is 17.8. The Hall–Kier alpha value is -2.67. The van der Waals surface area contributed by atoms with Crippen molar-refractivity contribution in [3.63, 3.8) is 0 Å². The van der Waals surface area contributed by atoms with Crippen LogP contribution in [0, 0.1) is 11.8 Å². The first-order valence-electron chi connectivity index (χ1n) is 10.9. The van der Waals surface area contributed by atoms with Gasteiger partial charge in [0.05, 0.1) is 18.2 Å². The highest BCUT2D eigenvalue weighted by atomic mass is 16.5. The third kappa shape index (κ3) is 4.90. The zero-order valence-corrected chi connectivity index (χ0v) is 17.8. The van der Waals surface area contributed by atoms with Crippen LogP contribution in [-0.2, 0) is 16.1 Å². The molecule has 2 aliphatic rings. The lowest BCUT2D eigenvalue weighted by molar-refractivity contribution is -0.147. The van der Waals surface area contributed by atoms with Crippen LogP contribution in [0.1, 0.15) is 45.1 Å². The highest BCUT2D eigenvalue weighted by Gasteiger charge is 2.23. The van der Waals surface area contributed by atoms with Gasteiger partial charge in [-0.1, -0.05) is 13.0 Å². The van der Waals surface area contributed by atoms with Crippen LogP contribution in [0.3, 0.4) is 0 Å². The lowest BCUT2D eigenvalue weighted by Crippen LogP contribution is -2.33. The second kappa shape index (κ2) is 9.43. The van der Waals surface area contributed by atoms with E-state index >= 15 is 0 Å². The summed E-state index contributed by atoms with van der Waals surface area (Å²) < 4.78 is 10.9. The highest BCUT2D eigenvalue weighted by molar-refractivity contribution is 5.72. The Morgan fingerprint density at radius 1 is 1.30 bits per heavy atom. The van der Waals surface area contributed by atoms with Crippen molar-refractivity contribution in [2.45, 2.75) is 46.1 Å². The van der Waals surface area contributed by atoms with Gasteiger partial charge >= 0.3 is 5.97 Å². The van der Waals surface area contributed by atoms with E-state index in [0.717, 1.165) is 43.9 Å². The zero-order chi connectivity index (χ0) is 20.9. The largest absolute Gasteiger partial charge is 0.466 e. The number of likely N-dealkylation sites (tertiary alicyclic amines) is 1. The van der Waals surface area contributed by atoms with Gasteiger partial charge in [-0.25, -0.2) is 9.97 Å². The monoisotopic (exact) mass is 410 g/mol. The van der Waals surface area contributed by atoms with E-state index in [9.17, 15) is 4.79 Å². The molecule has 1 N–H and O–H groups in total. The number of nitrogens with zero attached hydrogens (tertiary/aromatic N) is 3. The Balaban J connectivity index is 1.25. The molecule has 1 aromatic carbocycles. The number of benzene rings is 1. The van der Waals surface area contributed by atoms with Crippen LogP contribution < -0.4 is 10.1 Å². The van der Waals surface area contributed by atoms with Crippen molar-refractivity contribution in [2.75, 3.05) is 25.0 Å². The van der Waals surface area contributed by atoms with Crippen molar-refractivity contribution in [3.8, 4) is 11.6 Å². The Kier molecular flexibility index (Phi) is 6.47. The molecular formula is C23H30N4O3. The summed E-state index contributed by atoms with van der Waals surface area (Å²) in [4.78, 5) is 22.8. The van der Waals surface area contributed by atoms with Crippen LogP contribution >= 0.6 is 0 Å². The quantitative estimate of drug-likeness (QED) is 0.574. The molecule has 0 aliphatic carbocycles. The van der Waals surface area contributed by atoms with Crippen molar-refractivity contribution in [1.29, 1.82) is 0 Å². The fourth-order valence-corrected chi connectivity index (χ4v) is 4.16. The molecule has 0 radical (unpaired) electrons. The number of ether oxygens (including phenoxy) is 2. The molecule has 1 fully saturated rings. The highest BCUT2D eigenvalue weighted by Crippen LogP contribution is 2.39. The van der Waals surface area contributed by atoms with Gasteiger partial charge in [-0.3, -0.25) is 9.69 Å². The molecule has 1 atom stereocenters. The molecule has 2 aromatic rings. The number of aromatic nitrogens is 2. The van der Waals surface area contributed by atoms with Crippen molar-refractivity contribution in [1.82, 2.24) is 14.9 Å². The predicted octanol–water partition coefficient (Wildman–Crippen LogP) is 4.52. The van der Waals surface area contributed by atoms with Gasteiger partial charge in [0.2, 0.25) is 0 Å². The molecule has 7 nitrogen and oxygen atoms in total. The second-order valence-electron chi connectivity index (χ2n) is 8.22. The van der Waals surface area contributed by atoms with Gasteiger partial charge in [0.15, 0.2) is 11.6 Å². The van der Waals surface area contributed by atoms with Gasteiger partial charge in [0.25, 0.3) is 5.88 Å². The van der Waals surface area contributed by atoms with E-state index < -0.39 is 0 Å². The number of rotatable bonds is 7. The first-order chi connectivity index (χ1) is 14.6. The molecule has 3 heterocycles. The summed E-state index contributed by atoms with van der Waals surface area (Å²) >= 11 is 0. The van der Waals surface area contributed by atoms with Crippen LogP contribution in [0.25, 0.3) is 0 Å². The molecule has 0 saturated carbocycles. The van der Waals surface area contributed by atoms with E-state index in [1.807, 2.05) is 19.9 Å². The molecule has 4 rings (SSSR count). The molecule has 30 heavy (non-hydrogen) atoms. The van der Waals surface area contributed by atoms with Crippen LogP contribution in [0.5, 0.6) is 11.6 Å². The summed E-state index contributed by atoms with van der Waals surface area (Å²) in [6.07, 6.45) is 7.68. The molecule has 160 valence electrons. The third-order valence-corrected chi connectivity index (χ3v) is 5.98. The molecule has 2 aliphatic heterocycles. The normalized spacial score (nSPS) is 17.3. The maximum absolute atomic E-state index is 11.8. The smallest absolute Gasteiger partial charge is 0.308 e. The second-order valence-corrected chi connectivity index (χ2v) is 8.22. The summed E-state index contributed by atoms with van der Waals surface area (Å²) in [5, 5.41) is 3.32. The predicted molar refractivity (Wildman–Crippen MR) is 115 cm³/mol. The van der Waals surface area contributed by atoms with E-state index in [1.54, 1.807) is 12.4 Å². The standard InChI is InChI=1S/C23H30N4O3/c1-3-29-23(28)16(2)4-5-17-8-12-27(13-9-17)15-18-6-7-20-19(14-18)26-21-22(30-20)25-11-10-24-21/h6-7,10-11,14,16-17H,3-5,8-9,12-13,15H2,1-2H3,(H,24,26). The maximum Gasteiger partial charge on any atom is 0.308 e. The number of carbonyl (C=O) groups excluding carboxylic acids is 1. The number of piperidine rings is 1. The maximum atomic E-state index is 11.8. The van der Waals surface area contributed by atoms with Crippen LogP contribution in [-0.4, -0.2) is 40.5 Å². The average molecular weight is 411 g/mol. The SMILES string of the molecule is CCOC(=O)C(C)CCC1CCN(Cc2ccc3c(c2)Nc2nccnc2O3)CC1. The first-order valence-corrected chi connectivity index (χ1v) is 10.9. The molecule has 1 aromatic heterocycles. The Morgan fingerprint density at radius 2 is 2.10 bits per heavy atom. The number of carbonyl (C=O) groups is 1. The molecule has 1 saturated heterocycles. The van der Waals surface area contributed by atoms with Crippen molar-refractivity contribution in [2.24, 2.45) is 11.8 Å². The van der Waals surface area contributed by atoms with Gasteiger partial charge in [-0.2, -0.15) is 0 Å². The number of hydrogen-bond acceptors (Lipinski definition) is 7. The Bertz CT molecular complexity index is 881. The van der Waals surface area contributed by atoms with Gasteiger partial charge in [-0.15, -0.1) is 0 Å². The summed E-state index contributed by atoms with van der Waals surface area (Å²) in [6.45, 7) is 7.41. The molecular weight excluding hydrogens is 380 g/mol. The number of hydrogen-bond donors (Lipinski definition) is 1. The molecule has 0 spiro atoms. The van der Waals surface area contributed by atoms with E-state index in [-0.39, 0.29) is 11.9 Å².